The molecule has 0 saturated carbocycles. The Morgan fingerprint density at radius 1 is 1.15 bits per heavy atom. The maximum atomic E-state index is 11.5. The molecule has 0 aliphatic carbocycles. The summed E-state index contributed by atoms with van der Waals surface area (Å²) in [5.41, 5.74) is 8.88. The van der Waals surface area contributed by atoms with Gasteiger partial charge in [-0.05, 0) is 61.2 Å². The van der Waals surface area contributed by atoms with Crippen LogP contribution in [0.25, 0.3) is 17.8 Å². The highest BCUT2D eigenvalue weighted by atomic mass is 16.5. The quantitative estimate of drug-likeness (QED) is 0.458. The van der Waals surface area contributed by atoms with Crippen LogP contribution in [0.1, 0.15) is 41.3 Å². The average Bonchev–Trinajstić information content (AvgIpc) is 3.45. The first-order chi connectivity index (χ1) is 16.0. The van der Waals surface area contributed by atoms with Gasteiger partial charge in [0.1, 0.15) is 11.4 Å². The molecule has 2 aromatic carbocycles. The van der Waals surface area contributed by atoms with Gasteiger partial charge in [-0.3, -0.25) is 0 Å². The minimum Gasteiger partial charge on any atom is -0.495 e. The predicted molar refractivity (Wildman–Crippen MR) is 127 cm³/mol. The van der Waals surface area contributed by atoms with E-state index in [2.05, 4.69) is 15.1 Å². The third kappa shape index (κ3) is 3.89. The normalized spacial score (nSPS) is 17.9. The van der Waals surface area contributed by atoms with Crippen molar-refractivity contribution >= 4 is 17.8 Å². The zero-order valence-electron chi connectivity index (χ0n) is 18.6. The summed E-state index contributed by atoms with van der Waals surface area (Å²) in [7, 11) is 1.65. The number of aryl methyl sites for hydroxylation is 2. The molecule has 3 heterocycles. The van der Waals surface area contributed by atoms with Crippen molar-refractivity contribution in [1.82, 2.24) is 24.3 Å². The van der Waals surface area contributed by atoms with Gasteiger partial charge in [0.05, 0.1) is 24.8 Å². The Hall–Kier alpha value is -3.91. The van der Waals surface area contributed by atoms with Crippen molar-refractivity contribution in [3.63, 3.8) is 0 Å². The van der Waals surface area contributed by atoms with E-state index >= 15 is 0 Å². The molecule has 0 spiro atoms. The van der Waals surface area contributed by atoms with Crippen molar-refractivity contribution in [3.05, 3.63) is 83.5 Å². The summed E-state index contributed by atoms with van der Waals surface area (Å²) < 4.78 is 9.32. The highest BCUT2D eigenvalue weighted by Crippen LogP contribution is 2.37. The fraction of sp³-hybridized carbons (Fsp3) is 0.240. The van der Waals surface area contributed by atoms with E-state index in [4.69, 9.17) is 10.5 Å². The van der Waals surface area contributed by atoms with E-state index in [9.17, 15) is 5.11 Å². The van der Waals surface area contributed by atoms with Crippen LogP contribution >= 0.6 is 0 Å². The topological polar surface area (TPSA) is 104 Å². The van der Waals surface area contributed by atoms with E-state index in [0.29, 0.717) is 23.8 Å². The van der Waals surface area contributed by atoms with E-state index in [1.54, 1.807) is 30.3 Å². The molecule has 0 amide bonds. The molecule has 33 heavy (non-hydrogen) atoms. The van der Waals surface area contributed by atoms with Gasteiger partial charge in [0.25, 0.3) is 0 Å². The number of rotatable bonds is 5. The molecule has 1 aliphatic rings. The van der Waals surface area contributed by atoms with Crippen molar-refractivity contribution < 1.29 is 9.84 Å². The number of hydrogen-bond acceptors (Lipinski definition) is 6. The standard InChI is InChI=1S/C25H26N6O2/c1-17-15-30(16-27-17)21-10-4-18(14-22(21)33-2)5-11-23-28-24-25(32,12-3-13-31(24)29-23)19-6-8-20(26)9-7-19/h4-11,14-16,32H,3,12-13,26H2,1-2H3/b11-5+/t25-/m0/s1. The highest BCUT2D eigenvalue weighted by molar-refractivity contribution is 5.69. The minimum absolute atomic E-state index is 0.550. The largest absolute Gasteiger partial charge is 0.495 e. The Morgan fingerprint density at radius 2 is 1.97 bits per heavy atom. The van der Waals surface area contributed by atoms with E-state index in [1.807, 2.05) is 60.2 Å². The van der Waals surface area contributed by atoms with Gasteiger partial charge in [0, 0.05) is 18.4 Å². The van der Waals surface area contributed by atoms with Gasteiger partial charge in [0.15, 0.2) is 11.6 Å². The summed E-state index contributed by atoms with van der Waals surface area (Å²) >= 11 is 0. The number of nitrogens with two attached hydrogens (primary N) is 1. The predicted octanol–water partition coefficient (Wildman–Crippen LogP) is 3.56. The number of imidazole rings is 1. The number of methoxy groups -OCH3 is 1. The van der Waals surface area contributed by atoms with E-state index in [0.717, 1.165) is 41.2 Å². The third-order valence-corrected chi connectivity index (χ3v) is 5.97. The molecule has 1 atom stereocenters. The smallest absolute Gasteiger partial charge is 0.174 e. The van der Waals surface area contributed by atoms with Gasteiger partial charge in [-0.15, -0.1) is 0 Å². The fourth-order valence-corrected chi connectivity index (χ4v) is 4.26. The van der Waals surface area contributed by atoms with Crippen molar-refractivity contribution in [1.29, 1.82) is 0 Å². The number of benzene rings is 2. The monoisotopic (exact) mass is 442 g/mol. The lowest BCUT2D eigenvalue weighted by molar-refractivity contribution is 0.0395. The Morgan fingerprint density at radius 3 is 2.70 bits per heavy atom. The number of nitrogens with zero attached hydrogens (tertiary/aromatic N) is 5. The van der Waals surface area contributed by atoms with E-state index in [-0.39, 0.29) is 0 Å². The molecule has 0 fully saturated rings. The first-order valence-electron chi connectivity index (χ1n) is 10.9. The van der Waals surface area contributed by atoms with Crippen molar-refractivity contribution in [2.75, 3.05) is 12.8 Å². The highest BCUT2D eigenvalue weighted by Gasteiger charge is 2.39. The summed E-state index contributed by atoms with van der Waals surface area (Å²) in [6.45, 7) is 2.67. The molecule has 4 aromatic rings. The lowest BCUT2D eigenvalue weighted by atomic mass is 9.86. The van der Waals surface area contributed by atoms with Crippen LogP contribution < -0.4 is 10.5 Å². The Bertz CT molecular complexity index is 1320. The molecule has 8 nitrogen and oxygen atoms in total. The molecule has 0 radical (unpaired) electrons. The number of fused-ring (bicyclic) bond motifs is 1. The second-order valence-corrected chi connectivity index (χ2v) is 8.29. The molecule has 3 N–H and O–H groups in total. The molecule has 5 rings (SSSR count). The SMILES string of the molecule is COc1cc(/C=C/c2nc3n(n2)CCC[C@]3(O)c2ccc(N)cc2)ccc1-n1cnc(C)c1. The van der Waals surface area contributed by atoms with E-state index < -0.39 is 5.60 Å². The van der Waals surface area contributed by atoms with Crippen LogP contribution in [0.2, 0.25) is 0 Å². The number of aliphatic hydroxyl groups is 1. The van der Waals surface area contributed by atoms with Crippen molar-refractivity contribution in [2.24, 2.45) is 0 Å². The van der Waals surface area contributed by atoms with Gasteiger partial charge in [-0.1, -0.05) is 24.3 Å². The zero-order valence-corrected chi connectivity index (χ0v) is 18.6. The minimum atomic E-state index is -1.18. The Labute approximate surface area is 192 Å². The lowest BCUT2D eigenvalue weighted by Gasteiger charge is -2.31. The Kier molecular flexibility index (Phi) is 5.22. The molecule has 8 heteroatoms. The van der Waals surface area contributed by atoms with Crippen LogP contribution in [0.4, 0.5) is 5.69 Å². The molecule has 0 saturated heterocycles. The fourth-order valence-electron chi connectivity index (χ4n) is 4.26. The number of anilines is 1. The molecular weight excluding hydrogens is 416 g/mol. The summed E-state index contributed by atoms with van der Waals surface area (Å²) in [5.74, 6) is 1.85. The number of hydrogen-bond donors (Lipinski definition) is 2. The van der Waals surface area contributed by atoms with Crippen LogP contribution in [-0.2, 0) is 12.1 Å². The van der Waals surface area contributed by atoms with Gasteiger partial charge in [-0.25, -0.2) is 14.6 Å². The Balaban J connectivity index is 1.43. The average molecular weight is 443 g/mol. The molecule has 2 aromatic heterocycles. The molecule has 0 unspecified atom stereocenters. The van der Waals surface area contributed by atoms with Crippen LogP contribution in [0.15, 0.2) is 55.0 Å². The van der Waals surface area contributed by atoms with Crippen LogP contribution in [-0.4, -0.2) is 36.5 Å². The zero-order chi connectivity index (χ0) is 23.0. The summed E-state index contributed by atoms with van der Waals surface area (Å²) in [6.07, 6.45) is 8.91. The maximum Gasteiger partial charge on any atom is 0.174 e. The molecule has 1 aliphatic heterocycles. The van der Waals surface area contributed by atoms with Gasteiger partial charge >= 0.3 is 0 Å². The van der Waals surface area contributed by atoms with Crippen molar-refractivity contribution in [3.8, 4) is 11.4 Å². The summed E-state index contributed by atoms with van der Waals surface area (Å²) in [6, 6.07) is 13.3. The van der Waals surface area contributed by atoms with Gasteiger partial charge < -0.3 is 20.1 Å². The van der Waals surface area contributed by atoms with Crippen molar-refractivity contribution in [2.45, 2.75) is 31.9 Å². The van der Waals surface area contributed by atoms with Crippen LogP contribution in [0.5, 0.6) is 5.75 Å². The van der Waals surface area contributed by atoms with Gasteiger partial charge in [-0.2, -0.15) is 5.10 Å². The number of ether oxygens (including phenoxy) is 1. The molecule has 0 bridgehead atoms. The molecule has 168 valence electrons. The molecular formula is C25H26N6O2. The van der Waals surface area contributed by atoms with Crippen LogP contribution in [0.3, 0.4) is 0 Å². The van der Waals surface area contributed by atoms with Crippen LogP contribution in [0, 0.1) is 6.92 Å². The second kappa shape index (κ2) is 8.22. The maximum absolute atomic E-state index is 11.5. The summed E-state index contributed by atoms with van der Waals surface area (Å²) in [5, 5.41) is 16.1. The first kappa shape index (κ1) is 21.0. The van der Waals surface area contributed by atoms with E-state index in [1.165, 1.54) is 0 Å². The lowest BCUT2D eigenvalue weighted by Crippen LogP contribution is -2.35. The third-order valence-electron chi connectivity index (χ3n) is 5.97. The second-order valence-electron chi connectivity index (χ2n) is 8.29. The number of aromatic nitrogens is 5. The first-order valence-corrected chi connectivity index (χ1v) is 10.9. The van der Waals surface area contributed by atoms with Gasteiger partial charge in [0.2, 0.25) is 0 Å². The summed E-state index contributed by atoms with van der Waals surface area (Å²) in [4.78, 5) is 8.95. The number of nitrogen functional groups attached to an aromatic ring is 1.